The van der Waals surface area contributed by atoms with Crippen molar-refractivity contribution < 1.29 is 27.7 Å². The fourth-order valence-corrected chi connectivity index (χ4v) is 3.88. The largest absolute Gasteiger partial charge is 1.00 e. The molecule has 2 aliphatic rings. The molecule has 1 saturated carbocycles. The lowest BCUT2D eigenvalue weighted by Crippen LogP contribution is -3.00. The molecule has 0 aromatic carbocycles. The van der Waals surface area contributed by atoms with Gasteiger partial charge >= 0.3 is 5.97 Å². The van der Waals surface area contributed by atoms with Crippen molar-refractivity contribution in [2.45, 2.75) is 46.0 Å². The number of halogens is 1. The summed E-state index contributed by atoms with van der Waals surface area (Å²) in [5.41, 5.74) is 6.43. The first-order chi connectivity index (χ1) is 12.0. The van der Waals surface area contributed by atoms with Gasteiger partial charge in [0, 0.05) is 29.5 Å². The van der Waals surface area contributed by atoms with Crippen LogP contribution < -0.4 is 28.8 Å². The number of hydrogen-bond donors (Lipinski definition) is 3. The number of ether oxygens (including phenoxy) is 1. The van der Waals surface area contributed by atoms with Gasteiger partial charge in [0.25, 0.3) is 5.11 Å². The number of carbonyl (C=O) groups is 1. The average molecular weight is 399 g/mol. The third-order valence-corrected chi connectivity index (χ3v) is 5.03. The number of nitriles is 1. The van der Waals surface area contributed by atoms with Crippen molar-refractivity contribution in [1.82, 2.24) is 10.6 Å². The first kappa shape index (κ1) is 22.4. The minimum atomic E-state index is -0.349. The lowest BCUT2D eigenvalue weighted by atomic mass is 9.71. The van der Waals surface area contributed by atoms with E-state index in [1.807, 2.05) is 6.92 Å². The zero-order chi connectivity index (χ0) is 18.4. The summed E-state index contributed by atoms with van der Waals surface area (Å²) in [5.74, 6) is -0.264. The number of quaternary nitrogens is 1. The molecule has 8 heteroatoms. The molecule has 0 bridgehead atoms. The molecule has 6 nitrogen and oxygen atoms in total. The van der Waals surface area contributed by atoms with E-state index in [2.05, 4.69) is 22.4 Å². The predicted octanol–water partition coefficient (Wildman–Crippen LogP) is -1.48. The van der Waals surface area contributed by atoms with E-state index in [1.54, 1.807) is 6.92 Å². The van der Waals surface area contributed by atoms with Gasteiger partial charge in [-0.05, 0) is 32.6 Å². The molecule has 0 amide bonds. The number of dihydropyridines is 1. The Bertz CT molecular complexity index is 648. The second-order valence-corrected chi connectivity index (χ2v) is 7.03. The van der Waals surface area contributed by atoms with Crippen molar-refractivity contribution in [2.24, 2.45) is 11.8 Å². The highest BCUT2D eigenvalue weighted by Gasteiger charge is 2.39. The third-order valence-electron chi connectivity index (χ3n) is 4.89. The van der Waals surface area contributed by atoms with Crippen molar-refractivity contribution in [3.63, 3.8) is 0 Å². The molecule has 1 fully saturated rings. The topological polar surface area (TPSA) is 102 Å². The molecule has 5 N–H and O–H groups in total. The molecule has 0 radical (unpaired) electrons. The highest BCUT2D eigenvalue weighted by molar-refractivity contribution is 7.79. The molecule has 144 valence electrons. The normalized spacial score (nSPS) is 20.6. The molecule has 0 aromatic rings. The Morgan fingerprint density at radius 1 is 1.42 bits per heavy atom. The Balaban J connectivity index is 0.00000338. The van der Waals surface area contributed by atoms with Gasteiger partial charge in [-0.15, -0.1) is 0 Å². The van der Waals surface area contributed by atoms with Crippen LogP contribution in [0.3, 0.4) is 0 Å². The summed E-state index contributed by atoms with van der Waals surface area (Å²) < 4.78 is 5.32. The summed E-state index contributed by atoms with van der Waals surface area (Å²) in [6, 6.07) is 2.33. The van der Waals surface area contributed by atoms with Crippen LogP contribution in [-0.2, 0) is 9.53 Å². The summed E-state index contributed by atoms with van der Waals surface area (Å²) in [6.07, 6.45) is 5.55. The van der Waals surface area contributed by atoms with E-state index in [0.29, 0.717) is 35.3 Å². The molecular weight excluding hydrogens is 372 g/mol. The number of esters is 1. The fourth-order valence-electron chi connectivity index (χ4n) is 3.80. The van der Waals surface area contributed by atoms with Gasteiger partial charge in [-0.3, -0.25) is 0 Å². The molecule has 2 rings (SSSR count). The van der Waals surface area contributed by atoms with Crippen LogP contribution in [0.25, 0.3) is 0 Å². The minimum Gasteiger partial charge on any atom is -1.00 e. The molecule has 0 spiro atoms. The average Bonchev–Trinajstić information content (AvgIpc) is 2.60. The molecule has 0 aromatic heterocycles. The number of allylic oxidation sites excluding steroid dienone is 2. The smallest absolute Gasteiger partial charge is 0.336 e. The predicted molar refractivity (Wildman–Crippen MR) is 98.7 cm³/mol. The van der Waals surface area contributed by atoms with Gasteiger partial charge < -0.3 is 33.5 Å². The molecule has 1 heterocycles. The van der Waals surface area contributed by atoms with Gasteiger partial charge in [0.1, 0.15) is 0 Å². The first-order valence-corrected chi connectivity index (χ1v) is 9.28. The van der Waals surface area contributed by atoms with Crippen LogP contribution in [0.2, 0.25) is 0 Å². The maximum Gasteiger partial charge on any atom is 0.336 e. The van der Waals surface area contributed by atoms with Gasteiger partial charge in [0.15, 0.2) is 0 Å². The van der Waals surface area contributed by atoms with E-state index in [0.717, 1.165) is 37.1 Å². The third kappa shape index (κ3) is 5.19. The maximum absolute atomic E-state index is 12.7. The van der Waals surface area contributed by atoms with Crippen molar-refractivity contribution in [3.05, 3.63) is 22.5 Å². The van der Waals surface area contributed by atoms with Crippen molar-refractivity contribution in [1.29, 1.82) is 5.26 Å². The van der Waals surface area contributed by atoms with E-state index >= 15 is 0 Å². The standard InChI is InChI=1S/C18H26N4O2S.ClH/c1-3-24-17(23)16-14(10-21-18(20)25)22-11(2)13(9-19)15(16)12-7-5-4-6-8-12;/h12,15,22H,3-8,10H2,1-2H3,(H3,20,21,25);1H. The second kappa shape index (κ2) is 10.5. The van der Waals surface area contributed by atoms with Crippen LogP contribution in [0, 0.1) is 23.2 Å². The highest BCUT2D eigenvalue weighted by Crippen LogP contribution is 2.41. The van der Waals surface area contributed by atoms with Crippen LogP contribution in [0.1, 0.15) is 46.0 Å². The number of thiocarbonyl (C=S) groups is 1. The molecule has 1 unspecified atom stereocenters. The van der Waals surface area contributed by atoms with Crippen molar-refractivity contribution in [2.75, 3.05) is 13.2 Å². The van der Waals surface area contributed by atoms with Crippen LogP contribution in [0.15, 0.2) is 22.5 Å². The van der Waals surface area contributed by atoms with Crippen molar-refractivity contribution in [3.8, 4) is 6.07 Å². The maximum atomic E-state index is 12.7. The van der Waals surface area contributed by atoms with E-state index in [-0.39, 0.29) is 24.3 Å². The molecule has 1 aliphatic carbocycles. The van der Waals surface area contributed by atoms with E-state index in [1.165, 1.54) is 6.42 Å². The lowest BCUT2D eigenvalue weighted by Gasteiger charge is -2.36. The SMILES string of the molecule is CCOC(=O)C1=C(CNC([NH3+])=S)NC(C)=C(C#N)C1C1CCCCC1.[Cl-]. The van der Waals surface area contributed by atoms with E-state index in [9.17, 15) is 10.1 Å². The quantitative estimate of drug-likeness (QED) is 0.385. The summed E-state index contributed by atoms with van der Waals surface area (Å²) in [4.78, 5) is 12.7. The van der Waals surface area contributed by atoms with Gasteiger partial charge in [-0.25, -0.2) is 4.79 Å². The van der Waals surface area contributed by atoms with Gasteiger partial charge in [-0.2, -0.15) is 5.26 Å². The monoisotopic (exact) mass is 398 g/mol. The zero-order valence-electron chi connectivity index (χ0n) is 15.4. The first-order valence-electron chi connectivity index (χ1n) is 8.87. The van der Waals surface area contributed by atoms with Gasteiger partial charge in [-0.1, -0.05) is 19.3 Å². The van der Waals surface area contributed by atoms with Crippen LogP contribution in [-0.4, -0.2) is 24.2 Å². The molecule has 26 heavy (non-hydrogen) atoms. The zero-order valence-corrected chi connectivity index (χ0v) is 16.9. The number of carbonyl (C=O) groups excluding carboxylic acids is 1. The van der Waals surface area contributed by atoms with E-state index in [4.69, 9.17) is 17.0 Å². The Labute approximate surface area is 166 Å². The lowest BCUT2D eigenvalue weighted by molar-refractivity contribution is -0.214. The number of nitrogens with zero attached hydrogens (tertiary/aromatic N) is 1. The second-order valence-electron chi connectivity index (χ2n) is 6.54. The summed E-state index contributed by atoms with van der Waals surface area (Å²) in [6.45, 7) is 4.35. The van der Waals surface area contributed by atoms with Gasteiger partial charge in [0.2, 0.25) is 0 Å². The Kier molecular flexibility index (Phi) is 9.06. The Morgan fingerprint density at radius 2 is 2.08 bits per heavy atom. The molecular formula is C18H27ClN4O2S. The van der Waals surface area contributed by atoms with Crippen LogP contribution >= 0.6 is 12.2 Å². The summed E-state index contributed by atoms with van der Waals surface area (Å²) in [7, 11) is 0. The molecule has 0 saturated heterocycles. The Morgan fingerprint density at radius 3 is 2.62 bits per heavy atom. The summed E-state index contributed by atoms with van der Waals surface area (Å²) >= 11 is 5.00. The van der Waals surface area contributed by atoms with E-state index < -0.39 is 0 Å². The highest BCUT2D eigenvalue weighted by atomic mass is 35.5. The van der Waals surface area contributed by atoms with Crippen LogP contribution in [0.5, 0.6) is 0 Å². The molecule has 1 atom stereocenters. The van der Waals surface area contributed by atoms with Gasteiger partial charge in [0.05, 0.1) is 30.4 Å². The fraction of sp³-hybridized carbons (Fsp3) is 0.611. The van der Waals surface area contributed by atoms with Crippen LogP contribution in [0.4, 0.5) is 0 Å². The number of hydrogen-bond acceptors (Lipinski definition) is 5. The summed E-state index contributed by atoms with van der Waals surface area (Å²) in [5, 5.41) is 16.4. The molecule has 1 aliphatic heterocycles. The van der Waals surface area contributed by atoms with Crippen molar-refractivity contribution >= 4 is 23.3 Å². The number of rotatable bonds is 5. The Hall–Kier alpha value is -1.62. The minimum absolute atomic E-state index is 0. The number of nitrogens with one attached hydrogen (secondary N) is 2.